The maximum Gasteiger partial charge on any atom is 0.225 e. The Morgan fingerprint density at radius 3 is 1.96 bits per heavy atom. The molecular weight excluding hydrogens is 393 g/mol. The van der Waals surface area contributed by atoms with Gasteiger partial charge < -0.3 is 10.2 Å². The van der Waals surface area contributed by atoms with Gasteiger partial charge in [0.1, 0.15) is 0 Å². The predicted molar refractivity (Wildman–Crippen MR) is 118 cm³/mol. The third-order valence-corrected chi connectivity index (χ3v) is 8.72. The number of nitrogens with zero attached hydrogens (tertiary/aromatic N) is 2. The molecule has 162 valence electrons. The number of halogens is 2. The Balaban J connectivity index is 0.00000112. The quantitative estimate of drug-likeness (QED) is 0.723. The van der Waals surface area contributed by atoms with Crippen LogP contribution in [0.25, 0.3) is 0 Å². The number of rotatable bonds is 5. The van der Waals surface area contributed by atoms with Crippen molar-refractivity contribution in [1.82, 2.24) is 15.1 Å². The van der Waals surface area contributed by atoms with Crippen molar-refractivity contribution in [3.8, 4) is 0 Å². The standard InChI is InChI=1S/C22H37N3O.2ClH/c1-16(20-14-23-15-20)21(26)25-6-4-24(5-7-25)3-2-22-11-17-8-18(12-22)10-19(9-17)13-22;;/h16-20,23H,2-15H2,1H3;2*1H. The van der Waals surface area contributed by atoms with Gasteiger partial charge in [0.25, 0.3) is 0 Å². The van der Waals surface area contributed by atoms with Gasteiger partial charge in [0.15, 0.2) is 0 Å². The van der Waals surface area contributed by atoms with E-state index in [0.717, 1.165) is 57.0 Å². The fourth-order valence-corrected chi connectivity index (χ4v) is 7.34. The Bertz CT molecular complexity index is 511. The van der Waals surface area contributed by atoms with Crippen molar-refractivity contribution in [3.05, 3.63) is 0 Å². The van der Waals surface area contributed by atoms with E-state index in [1.54, 1.807) is 19.3 Å². The lowest BCUT2D eigenvalue weighted by molar-refractivity contribution is -0.139. The number of amides is 1. The predicted octanol–water partition coefficient (Wildman–Crippen LogP) is 3.44. The molecule has 0 spiro atoms. The zero-order valence-corrected chi connectivity index (χ0v) is 19.0. The Morgan fingerprint density at radius 2 is 1.50 bits per heavy atom. The van der Waals surface area contributed by atoms with E-state index in [9.17, 15) is 4.79 Å². The molecule has 1 atom stereocenters. The zero-order chi connectivity index (χ0) is 17.7. The summed E-state index contributed by atoms with van der Waals surface area (Å²) in [6.07, 6.45) is 10.7. The van der Waals surface area contributed by atoms with Crippen LogP contribution >= 0.6 is 24.8 Å². The summed E-state index contributed by atoms with van der Waals surface area (Å²) < 4.78 is 0. The smallest absolute Gasteiger partial charge is 0.225 e. The van der Waals surface area contributed by atoms with Crippen molar-refractivity contribution >= 4 is 30.7 Å². The number of carbonyl (C=O) groups excluding carboxylic acids is 1. The molecule has 2 aliphatic heterocycles. The van der Waals surface area contributed by atoms with Crippen LogP contribution < -0.4 is 5.32 Å². The summed E-state index contributed by atoms with van der Waals surface area (Å²) in [6.45, 7) is 9.54. The van der Waals surface area contributed by atoms with Crippen LogP contribution in [0, 0.1) is 35.0 Å². The molecule has 1 unspecified atom stereocenters. The summed E-state index contributed by atoms with van der Waals surface area (Å²) in [5.74, 6) is 4.37. The van der Waals surface area contributed by atoms with Gasteiger partial charge in [0, 0.05) is 32.1 Å². The highest BCUT2D eigenvalue weighted by Gasteiger charge is 2.50. The molecule has 1 amide bonds. The normalized spacial score (nSPS) is 38.3. The van der Waals surface area contributed by atoms with Crippen LogP contribution in [0.2, 0.25) is 0 Å². The van der Waals surface area contributed by atoms with Gasteiger partial charge in [0.2, 0.25) is 5.91 Å². The Hall–Kier alpha value is -0.0300. The molecule has 4 nitrogen and oxygen atoms in total. The van der Waals surface area contributed by atoms with Crippen LogP contribution in [-0.2, 0) is 4.79 Å². The molecule has 4 aliphatic carbocycles. The van der Waals surface area contributed by atoms with E-state index in [1.165, 1.54) is 32.2 Å². The second-order valence-electron chi connectivity index (χ2n) is 10.5. The maximum absolute atomic E-state index is 12.7. The van der Waals surface area contributed by atoms with E-state index in [-0.39, 0.29) is 30.7 Å². The van der Waals surface area contributed by atoms with Crippen molar-refractivity contribution in [3.63, 3.8) is 0 Å². The molecule has 6 fully saturated rings. The van der Waals surface area contributed by atoms with Crippen molar-refractivity contribution < 1.29 is 4.79 Å². The minimum Gasteiger partial charge on any atom is -0.340 e. The summed E-state index contributed by atoms with van der Waals surface area (Å²) in [4.78, 5) is 17.5. The molecule has 0 aromatic rings. The lowest BCUT2D eigenvalue weighted by Gasteiger charge is -2.57. The molecule has 0 aromatic heterocycles. The first-order chi connectivity index (χ1) is 12.6. The SMILES string of the molecule is CC(C(=O)N1CCN(CCC23CC4CC(CC(C4)C2)C3)CC1)C1CNC1.Cl.Cl. The zero-order valence-electron chi connectivity index (χ0n) is 17.4. The molecule has 0 radical (unpaired) electrons. The van der Waals surface area contributed by atoms with E-state index in [2.05, 4.69) is 22.0 Å². The summed E-state index contributed by atoms with van der Waals surface area (Å²) >= 11 is 0. The molecule has 28 heavy (non-hydrogen) atoms. The van der Waals surface area contributed by atoms with Gasteiger partial charge in [-0.2, -0.15) is 0 Å². The van der Waals surface area contributed by atoms with Gasteiger partial charge in [-0.25, -0.2) is 0 Å². The average molecular weight is 432 g/mol. The van der Waals surface area contributed by atoms with Crippen LogP contribution in [0.3, 0.4) is 0 Å². The van der Waals surface area contributed by atoms with Crippen molar-refractivity contribution in [2.24, 2.45) is 35.0 Å². The number of piperazine rings is 1. The number of nitrogens with one attached hydrogen (secondary N) is 1. The van der Waals surface area contributed by atoms with Crippen LogP contribution in [0.15, 0.2) is 0 Å². The summed E-state index contributed by atoms with van der Waals surface area (Å²) in [7, 11) is 0. The van der Waals surface area contributed by atoms with E-state index in [4.69, 9.17) is 0 Å². The lowest BCUT2D eigenvalue weighted by Crippen LogP contribution is -2.55. The molecule has 2 saturated heterocycles. The maximum atomic E-state index is 12.7. The molecule has 6 rings (SSSR count). The van der Waals surface area contributed by atoms with Crippen LogP contribution in [0.5, 0.6) is 0 Å². The monoisotopic (exact) mass is 431 g/mol. The minimum atomic E-state index is 0. The van der Waals surface area contributed by atoms with E-state index < -0.39 is 0 Å². The van der Waals surface area contributed by atoms with E-state index >= 15 is 0 Å². The molecular formula is C22H39Cl2N3O. The van der Waals surface area contributed by atoms with Gasteiger partial charge in [-0.3, -0.25) is 9.69 Å². The van der Waals surface area contributed by atoms with Crippen molar-refractivity contribution in [2.45, 2.75) is 51.9 Å². The molecule has 4 bridgehead atoms. The largest absolute Gasteiger partial charge is 0.340 e. The van der Waals surface area contributed by atoms with Gasteiger partial charge in [-0.1, -0.05) is 6.92 Å². The second kappa shape index (κ2) is 8.99. The van der Waals surface area contributed by atoms with Crippen molar-refractivity contribution in [2.75, 3.05) is 45.8 Å². The fourth-order valence-electron chi connectivity index (χ4n) is 7.34. The second-order valence-corrected chi connectivity index (χ2v) is 10.5. The molecule has 1 N–H and O–H groups in total. The van der Waals surface area contributed by atoms with E-state index in [1.807, 2.05) is 0 Å². The highest BCUT2D eigenvalue weighted by atomic mass is 35.5. The number of hydrogen-bond acceptors (Lipinski definition) is 3. The van der Waals surface area contributed by atoms with E-state index in [0.29, 0.717) is 17.2 Å². The minimum absolute atomic E-state index is 0. The van der Waals surface area contributed by atoms with Crippen LogP contribution in [0.4, 0.5) is 0 Å². The Kier molecular flexibility index (Phi) is 7.28. The van der Waals surface area contributed by atoms with Gasteiger partial charge >= 0.3 is 0 Å². The molecule has 0 aromatic carbocycles. The number of hydrogen-bond donors (Lipinski definition) is 1. The van der Waals surface area contributed by atoms with Gasteiger partial charge in [-0.15, -0.1) is 24.8 Å². The third-order valence-electron chi connectivity index (χ3n) is 8.72. The average Bonchev–Trinajstić information content (AvgIpc) is 2.57. The molecule has 6 heteroatoms. The van der Waals surface area contributed by atoms with Gasteiger partial charge in [0.05, 0.1) is 0 Å². The first-order valence-electron chi connectivity index (χ1n) is 11.3. The highest BCUT2D eigenvalue weighted by molar-refractivity contribution is 5.85. The first kappa shape index (κ1) is 22.7. The third kappa shape index (κ3) is 4.36. The number of carbonyl (C=O) groups is 1. The Morgan fingerprint density at radius 1 is 0.964 bits per heavy atom. The highest BCUT2D eigenvalue weighted by Crippen LogP contribution is 2.61. The summed E-state index contributed by atoms with van der Waals surface area (Å²) in [5, 5.41) is 3.30. The first-order valence-corrected chi connectivity index (χ1v) is 11.3. The molecule has 6 aliphatic rings. The van der Waals surface area contributed by atoms with Crippen molar-refractivity contribution in [1.29, 1.82) is 0 Å². The van der Waals surface area contributed by atoms with Crippen LogP contribution in [-0.4, -0.2) is 61.5 Å². The van der Waals surface area contributed by atoms with Gasteiger partial charge in [-0.05, 0) is 93.7 Å². The topological polar surface area (TPSA) is 35.6 Å². The Labute approximate surface area is 183 Å². The molecule has 4 saturated carbocycles. The fraction of sp³-hybridized carbons (Fsp3) is 0.955. The van der Waals surface area contributed by atoms with Crippen LogP contribution in [0.1, 0.15) is 51.9 Å². The summed E-state index contributed by atoms with van der Waals surface area (Å²) in [5.41, 5.74) is 0.702. The lowest BCUT2D eigenvalue weighted by atomic mass is 9.49. The summed E-state index contributed by atoms with van der Waals surface area (Å²) in [6, 6.07) is 0. The molecule has 2 heterocycles.